The minimum atomic E-state index is -0.297. The van der Waals surface area contributed by atoms with E-state index in [0.717, 1.165) is 48.5 Å². The molecule has 6 heteroatoms. The summed E-state index contributed by atoms with van der Waals surface area (Å²) in [4.78, 5) is 27.6. The van der Waals surface area contributed by atoms with E-state index in [1.807, 2.05) is 14.0 Å². The van der Waals surface area contributed by atoms with Gasteiger partial charge in [0.25, 0.3) is 5.91 Å². The van der Waals surface area contributed by atoms with E-state index in [1.165, 1.54) is 29.7 Å². The molecule has 1 aromatic heterocycles. The standard InChI is InChI=1S/C21H31N3O2S/c1-13-4-5-27-18(13)12-24(3)14(2)19(25)22-20(26)23-21-9-15-6-16(10-21)8-17(7-15)11-21/h4-5,14-17H,6-12H2,1-3H3,(H2,22,23,25,26)/p+1/t14-,15?,16?,17?,21?/m0/s1. The van der Waals surface area contributed by atoms with Crippen LogP contribution in [-0.2, 0) is 11.3 Å². The van der Waals surface area contributed by atoms with Gasteiger partial charge >= 0.3 is 6.03 Å². The van der Waals surface area contributed by atoms with Crippen molar-refractivity contribution in [2.24, 2.45) is 17.8 Å². The van der Waals surface area contributed by atoms with Crippen LogP contribution in [0.15, 0.2) is 11.4 Å². The summed E-state index contributed by atoms with van der Waals surface area (Å²) in [7, 11) is 2.01. The molecule has 3 N–H and O–H groups in total. The van der Waals surface area contributed by atoms with Crippen LogP contribution in [0, 0.1) is 24.7 Å². The largest absolute Gasteiger partial charge is 0.332 e. The first-order chi connectivity index (χ1) is 12.8. The van der Waals surface area contributed by atoms with E-state index >= 15 is 0 Å². The predicted octanol–water partition coefficient (Wildman–Crippen LogP) is 2.25. The number of imide groups is 1. The van der Waals surface area contributed by atoms with Crippen molar-refractivity contribution in [2.45, 2.75) is 70.5 Å². The van der Waals surface area contributed by atoms with Gasteiger partial charge in [-0.15, -0.1) is 11.3 Å². The normalized spacial score (nSPS) is 33.5. The summed E-state index contributed by atoms with van der Waals surface area (Å²) in [6.45, 7) is 4.79. The van der Waals surface area contributed by atoms with Crippen molar-refractivity contribution in [3.8, 4) is 0 Å². The van der Waals surface area contributed by atoms with Gasteiger partial charge in [0, 0.05) is 5.54 Å². The number of nitrogens with one attached hydrogen (secondary N) is 3. The van der Waals surface area contributed by atoms with Crippen molar-refractivity contribution in [3.63, 3.8) is 0 Å². The number of quaternary nitrogens is 1. The zero-order valence-electron chi connectivity index (χ0n) is 16.6. The Morgan fingerprint density at radius 3 is 2.33 bits per heavy atom. The lowest BCUT2D eigenvalue weighted by atomic mass is 9.53. The Balaban J connectivity index is 1.31. The fraction of sp³-hybridized carbons (Fsp3) is 0.714. The van der Waals surface area contributed by atoms with Crippen LogP contribution in [0.4, 0.5) is 4.79 Å². The van der Waals surface area contributed by atoms with E-state index in [0.29, 0.717) is 0 Å². The third-order valence-electron chi connectivity index (χ3n) is 7.19. The lowest BCUT2D eigenvalue weighted by molar-refractivity contribution is -0.907. The molecule has 4 bridgehead atoms. The molecule has 5 nitrogen and oxygen atoms in total. The predicted molar refractivity (Wildman–Crippen MR) is 107 cm³/mol. The van der Waals surface area contributed by atoms with Crippen molar-refractivity contribution in [2.75, 3.05) is 7.05 Å². The van der Waals surface area contributed by atoms with E-state index < -0.39 is 0 Å². The number of thiophene rings is 1. The van der Waals surface area contributed by atoms with Gasteiger partial charge in [-0.25, -0.2) is 4.79 Å². The number of rotatable bonds is 5. The Morgan fingerprint density at radius 1 is 1.22 bits per heavy atom. The summed E-state index contributed by atoms with van der Waals surface area (Å²) in [5, 5.41) is 7.93. The minimum Gasteiger partial charge on any atom is -0.332 e. The van der Waals surface area contributed by atoms with Crippen LogP contribution in [0.25, 0.3) is 0 Å². The van der Waals surface area contributed by atoms with Crippen LogP contribution in [0.5, 0.6) is 0 Å². The van der Waals surface area contributed by atoms with Crippen molar-refractivity contribution in [1.29, 1.82) is 0 Å². The number of hydrogen-bond acceptors (Lipinski definition) is 3. The molecule has 4 fully saturated rings. The quantitative estimate of drug-likeness (QED) is 0.722. The zero-order chi connectivity index (χ0) is 19.2. The summed E-state index contributed by atoms with van der Waals surface area (Å²) in [6.07, 6.45) is 7.31. The monoisotopic (exact) mass is 390 g/mol. The third kappa shape index (κ3) is 3.92. The van der Waals surface area contributed by atoms with E-state index in [4.69, 9.17) is 0 Å². The smallest absolute Gasteiger partial charge is 0.322 e. The van der Waals surface area contributed by atoms with Gasteiger partial charge in [0.2, 0.25) is 0 Å². The summed E-state index contributed by atoms with van der Waals surface area (Å²) in [6, 6.07) is 1.54. The van der Waals surface area contributed by atoms with E-state index in [2.05, 4.69) is 29.0 Å². The first kappa shape index (κ1) is 18.9. The highest BCUT2D eigenvalue weighted by Gasteiger charge is 2.51. The van der Waals surface area contributed by atoms with Crippen molar-refractivity contribution in [1.82, 2.24) is 10.6 Å². The molecule has 0 saturated heterocycles. The lowest BCUT2D eigenvalue weighted by Gasteiger charge is -2.56. The third-order valence-corrected chi connectivity index (χ3v) is 8.22. The highest BCUT2D eigenvalue weighted by molar-refractivity contribution is 7.10. The van der Waals surface area contributed by atoms with Crippen LogP contribution in [0.2, 0.25) is 0 Å². The minimum absolute atomic E-state index is 0.0603. The summed E-state index contributed by atoms with van der Waals surface area (Å²) >= 11 is 1.73. The summed E-state index contributed by atoms with van der Waals surface area (Å²) in [5.41, 5.74) is 1.21. The number of hydrogen-bond donors (Lipinski definition) is 3. The van der Waals surface area contributed by atoms with Gasteiger partial charge in [-0.05, 0) is 87.1 Å². The molecule has 4 aliphatic rings. The molecule has 1 unspecified atom stereocenters. The summed E-state index contributed by atoms with van der Waals surface area (Å²) in [5.74, 6) is 2.13. The Labute approximate surface area is 165 Å². The SMILES string of the molecule is Cc1ccsc1C[NH+](C)[C@@H](C)C(=O)NC(=O)NC12CC3CC(CC(C3)C1)C2. The highest BCUT2D eigenvalue weighted by atomic mass is 32.1. The second-order valence-electron chi connectivity index (χ2n) is 9.41. The van der Waals surface area contributed by atoms with Gasteiger partial charge < -0.3 is 10.2 Å². The number of carbonyl (C=O) groups excluding carboxylic acids is 2. The maximum Gasteiger partial charge on any atom is 0.322 e. The molecule has 3 amide bonds. The summed E-state index contributed by atoms with van der Waals surface area (Å²) < 4.78 is 0. The van der Waals surface area contributed by atoms with Gasteiger partial charge in [0.15, 0.2) is 6.04 Å². The first-order valence-corrected chi connectivity index (χ1v) is 11.2. The van der Waals surface area contributed by atoms with Gasteiger partial charge in [-0.3, -0.25) is 10.1 Å². The van der Waals surface area contributed by atoms with E-state index in [-0.39, 0.29) is 23.5 Å². The van der Waals surface area contributed by atoms with Crippen LogP contribution in [-0.4, -0.2) is 30.6 Å². The Bertz CT molecular complexity index is 693. The number of likely N-dealkylation sites (N-methyl/N-ethyl adjacent to an activating group) is 1. The van der Waals surface area contributed by atoms with Crippen LogP contribution < -0.4 is 15.5 Å². The van der Waals surface area contributed by atoms with E-state index in [1.54, 1.807) is 11.3 Å². The van der Waals surface area contributed by atoms with Gasteiger partial charge in [0.05, 0.1) is 11.9 Å². The van der Waals surface area contributed by atoms with Gasteiger partial charge in [-0.2, -0.15) is 0 Å². The van der Waals surface area contributed by atoms with Gasteiger partial charge in [-0.1, -0.05) is 0 Å². The van der Waals surface area contributed by atoms with Crippen LogP contribution >= 0.6 is 11.3 Å². The molecule has 27 heavy (non-hydrogen) atoms. The van der Waals surface area contributed by atoms with Crippen molar-refractivity contribution >= 4 is 23.3 Å². The molecule has 0 aliphatic heterocycles. The van der Waals surface area contributed by atoms with Gasteiger partial charge in [0.1, 0.15) is 6.54 Å². The molecule has 1 heterocycles. The Hall–Kier alpha value is -1.40. The first-order valence-electron chi connectivity index (χ1n) is 10.3. The second-order valence-corrected chi connectivity index (χ2v) is 10.4. The molecule has 0 aromatic carbocycles. The van der Waals surface area contributed by atoms with E-state index in [9.17, 15) is 9.59 Å². The zero-order valence-corrected chi connectivity index (χ0v) is 17.5. The highest BCUT2D eigenvalue weighted by Crippen LogP contribution is 2.55. The molecular weight excluding hydrogens is 358 g/mol. The Kier molecular flexibility index (Phi) is 5.06. The topological polar surface area (TPSA) is 62.6 Å². The molecule has 148 valence electrons. The number of amides is 3. The maximum absolute atomic E-state index is 12.6. The molecule has 2 atom stereocenters. The molecular formula is C21H32N3O2S+. The van der Waals surface area contributed by atoms with Crippen molar-refractivity contribution < 1.29 is 14.5 Å². The average Bonchev–Trinajstić information content (AvgIpc) is 2.96. The number of urea groups is 1. The molecule has 0 spiro atoms. The fourth-order valence-corrected chi connectivity index (χ4v) is 6.97. The second kappa shape index (κ2) is 7.21. The molecule has 5 rings (SSSR count). The van der Waals surface area contributed by atoms with Crippen LogP contribution in [0.3, 0.4) is 0 Å². The number of carbonyl (C=O) groups is 2. The molecule has 1 aromatic rings. The average molecular weight is 391 g/mol. The lowest BCUT2D eigenvalue weighted by Crippen LogP contribution is -3.12. The number of aryl methyl sites for hydroxylation is 1. The Morgan fingerprint density at radius 2 is 1.81 bits per heavy atom. The fourth-order valence-electron chi connectivity index (χ4n) is 5.97. The molecule has 4 aliphatic carbocycles. The van der Waals surface area contributed by atoms with Crippen molar-refractivity contribution in [3.05, 3.63) is 21.9 Å². The maximum atomic E-state index is 12.6. The van der Waals surface area contributed by atoms with Crippen LogP contribution in [0.1, 0.15) is 55.9 Å². The molecule has 4 saturated carbocycles. The molecule has 0 radical (unpaired) electrons.